The first kappa shape index (κ1) is 19.4. The van der Waals surface area contributed by atoms with Crippen LogP contribution in [0.3, 0.4) is 0 Å². The van der Waals surface area contributed by atoms with Gasteiger partial charge < -0.3 is 5.11 Å². The molecule has 2 atom stereocenters. The Morgan fingerprint density at radius 2 is 1.70 bits per heavy atom. The molecule has 144 valence electrons. The highest BCUT2D eigenvalue weighted by Gasteiger charge is 2.34. The first-order chi connectivity index (χ1) is 13.2. The Kier molecular flexibility index (Phi) is 6.48. The molecule has 2 aliphatic rings. The summed E-state index contributed by atoms with van der Waals surface area (Å²) >= 11 is 2.38. The van der Waals surface area contributed by atoms with Gasteiger partial charge >= 0.3 is 0 Å². The Balaban J connectivity index is 1.35. The van der Waals surface area contributed by atoms with E-state index in [1.807, 2.05) is 0 Å². The number of rotatable bonds is 4. The van der Waals surface area contributed by atoms with Crippen molar-refractivity contribution in [2.45, 2.75) is 43.9 Å². The SMILES string of the molecule is O[C@H]1CCN(Cc2cccc(I)c2)C[C@@H]1N1CCC(c2ccccc2)CC1. The third-order valence-corrected chi connectivity index (χ3v) is 6.87. The minimum Gasteiger partial charge on any atom is -0.391 e. The second-order valence-electron chi connectivity index (χ2n) is 8.01. The van der Waals surface area contributed by atoms with Crippen molar-refractivity contribution in [1.82, 2.24) is 9.80 Å². The van der Waals surface area contributed by atoms with E-state index in [-0.39, 0.29) is 12.1 Å². The Morgan fingerprint density at radius 1 is 0.926 bits per heavy atom. The van der Waals surface area contributed by atoms with Crippen molar-refractivity contribution < 1.29 is 5.11 Å². The van der Waals surface area contributed by atoms with Crippen LogP contribution in [-0.2, 0) is 6.54 Å². The fourth-order valence-corrected chi connectivity index (χ4v) is 5.28. The molecule has 0 aromatic heterocycles. The lowest BCUT2D eigenvalue weighted by Gasteiger charge is -2.45. The highest BCUT2D eigenvalue weighted by atomic mass is 127. The van der Waals surface area contributed by atoms with Crippen LogP contribution in [0.15, 0.2) is 54.6 Å². The summed E-state index contributed by atoms with van der Waals surface area (Å²) < 4.78 is 1.29. The number of aliphatic hydroxyl groups excluding tert-OH is 1. The molecule has 27 heavy (non-hydrogen) atoms. The first-order valence-corrected chi connectivity index (χ1v) is 11.2. The first-order valence-electron chi connectivity index (χ1n) is 10.1. The Bertz CT molecular complexity index is 730. The minimum absolute atomic E-state index is 0.189. The number of nitrogens with zero attached hydrogens (tertiary/aromatic N) is 2. The fourth-order valence-electron chi connectivity index (χ4n) is 4.67. The summed E-state index contributed by atoms with van der Waals surface area (Å²) in [7, 11) is 0. The van der Waals surface area contributed by atoms with Crippen LogP contribution in [-0.4, -0.2) is 53.2 Å². The highest BCUT2D eigenvalue weighted by Crippen LogP contribution is 2.30. The highest BCUT2D eigenvalue weighted by molar-refractivity contribution is 14.1. The van der Waals surface area contributed by atoms with Crippen molar-refractivity contribution in [1.29, 1.82) is 0 Å². The third kappa shape index (κ3) is 4.91. The predicted octanol–water partition coefficient (Wildman–Crippen LogP) is 4.11. The van der Waals surface area contributed by atoms with E-state index in [1.165, 1.54) is 27.5 Å². The average Bonchev–Trinajstić information content (AvgIpc) is 2.70. The molecule has 0 saturated carbocycles. The molecule has 3 nitrogen and oxygen atoms in total. The van der Waals surface area contributed by atoms with Gasteiger partial charge in [0.25, 0.3) is 0 Å². The van der Waals surface area contributed by atoms with Gasteiger partial charge in [-0.15, -0.1) is 0 Å². The van der Waals surface area contributed by atoms with E-state index in [0.29, 0.717) is 5.92 Å². The van der Waals surface area contributed by atoms with Crippen LogP contribution < -0.4 is 0 Å². The molecule has 2 aromatic rings. The molecular weight excluding hydrogens is 447 g/mol. The predicted molar refractivity (Wildman–Crippen MR) is 119 cm³/mol. The van der Waals surface area contributed by atoms with E-state index >= 15 is 0 Å². The molecule has 2 aliphatic heterocycles. The lowest BCUT2D eigenvalue weighted by molar-refractivity contribution is -0.0222. The summed E-state index contributed by atoms with van der Waals surface area (Å²) in [5.41, 5.74) is 2.85. The van der Waals surface area contributed by atoms with Gasteiger partial charge in [0.15, 0.2) is 0 Å². The van der Waals surface area contributed by atoms with Crippen molar-refractivity contribution in [2.75, 3.05) is 26.2 Å². The quantitative estimate of drug-likeness (QED) is 0.674. The second-order valence-corrected chi connectivity index (χ2v) is 9.25. The largest absolute Gasteiger partial charge is 0.391 e. The van der Waals surface area contributed by atoms with Crippen molar-refractivity contribution in [2.24, 2.45) is 0 Å². The normalized spacial score (nSPS) is 25.6. The van der Waals surface area contributed by atoms with Crippen LogP contribution in [0.25, 0.3) is 0 Å². The molecule has 2 saturated heterocycles. The molecule has 0 aliphatic carbocycles. The third-order valence-electron chi connectivity index (χ3n) is 6.20. The lowest BCUT2D eigenvalue weighted by atomic mass is 9.88. The topological polar surface area (TPSA) is 26.7 Å². The van der Waals surface area contributed by atoms with Crippen molar-refractivity contribution >= 4 is 22.6 Å². The summed E-state index contributed by atoms with van der Waals surface area (Å²) in [6.45, 7) is 5.14. The molecule has 2 aromatic carbocycles. The summed E-state index contributed by atoms with van der Waals surface area (Å²) in [5, 5.41) is 10.7. The number of likely N-dealkylation sites (tertiary alicyclic amines) is 2. The monoisotopic (exact) mass is 476 g/mol. The molecule has 0 bridgehead atoms. The van der Waals surface area contributed by atoms with Gasteiger partial charge in [-0.25, -0.2) is 0 Å². The maximum atomic E-state index is 10.7. The number of piperidine rings is 2. The minimum atomic E-state index is -0.189. The lowest BCUT2D eigenvalue weighted by Crippen LogP contribution is -2.56. The number of benzene rings is 2. The van der Waals surface area contributed by atoms with Crippen molar-refractivity contribution in [3.05, 3.63) is 69.3 Å². The average molecular weight is 476 g/mol. The van der Waals surface area contributed by atoms with E-state index in [2.05, 4.69) is 87.0 Å². The van der Waals surface area contributed by atoms with Gasteiger partial charge in [-0.05, 0) is 84.1 Å². The summed E-state index contributed by atoms with van der Waals surface area (Å²) in [4.78, 5) is 5.07. The van der Waals surface area contributed by atoms with Crippen LogP contribution in [0.5, 0.6) is 0 Å². The molecule has 4 rings (SSSR count). The fraction of sp³-hybridized carbons (Fsp3) is 0.478. The van der Waals surface area contributed by atoms with Crippen LogP contribution in [0, 0.1) is 3.57 Å². The smallest absolute Gasteiger partial charge is 0.0720 e. The van der Waals surface area contributed by atoms with Gasteiger partial charge in [-0.1, -0.05) is 42.5 Å². The number of aliphatic hydroxyl groups is 1. The molecule has 2 fully saturated rings. The maximum Gasteiger partial charge on any atom is 0.0720 e. The molecule has 1 N–H and O–H groups in total. The Labute approximate surface area is 176 Å². The summed E-state index contributed by atoms with van der Waals surface area (Å²) in [5.74, 6) is 0.672. The van der Waals surface area contributed by atoms with Crippen LogP contribution in [0.2, 0.25) is 0 Å². The summed E-state index contributed by atoms with van der Waals surface area (Å²) in [6, 6.07) is 20.0. The number of hydrogen-bond donors (Lipinski definition) is 1. The molecule has 0 radical (unpaired) electrons. The maximum absolute atomic E-state index is 10.7. The van der Waals surface area contributed by atoms with Crippen molar-refractivity contribution in [3.63, 3.8) is 0 Å². The molecule has 0 unspecified atom stereocenters. The van der Waals surface area contributed by atoms with E-state index in [4.69, 9.17) is 0 Å². The van der Waals surface area contributed by atoms with E-state index < -0.39 is 0 Å². The second kappa shape index (κ2) is 9.03. The molecule has 0 spiro atoms. The molecule has 4 heteroatoms. The van der Waals surface area contributed by atoms with Gasteiger partial charge in [-0.3, -0.25) is 9.80 Å². The van der Waals surface area contributed by atoms with E-state index in [9.17, 15) is 5.11 Å². The zero-order valence-corrected chi connectivity index (χ0v) is 18.0. The number of hydrogen-bond acceptors (Lipinski definition) is 3. The van der Waals surface area contributed by atoms with E-state index in [0.717, 1.165) is 39.1 Å². The molecule has 2 heterocycles. The number of halogens is 1. The van der Waals surface area contributed by atoms with Crippen molar-refractivity contribution in [3.8, 4) is 0 Å². The van der Waals surface area contributed by atoms with Gasteiger partial charge in [0.2, 0.25) is 0 Å². The van der Waals surface area contributed by atoms with Gasteiger partial charge in [0.1, 0.15) is 0 Å². The van der Waals surface area contributed by atoms with Gasteiger partial charge in [0, 0.05) is 29.2 Å². The Hall–Kier alpha value is -0.950. The Morgan fingerprint density at radius 3 is 2.44 bits per heavy atom. The van der Waals surface area contributed by atoms with Crippen LogP contribution in [0.4, 0.5) is 0 Å². The van der Waals surface area contributed by atoms with Crippen LogP contribution >= 0.6 is 22.6 Å². The zero-order chi connectivity index (χ0) is 18.6. The zero-order valence-electron chi connectivity index (χ0n) is 15.8. The molecular formula is C23H29IN2O. The molecule has 0 amide bonds. The van der Waals surface area contributed by atoms with Crippen LogP contribution in [0.1, 0.15) is 36.3 Å². The van der Waals surface area contributed by atoms with Gasteiger partial charge in [0.05, 0.1) is 6.10 Å². The van der Waals surface area contributed by atoms with Gasteiger partial charge in [-0.2, -0.15) is 0 Å². The standard InChI is InChI=1S/C23H29IN2O/c24-21-8-4-5-18(15-21)16-25-12-11-23(27)22(17-25)26-13-9-20(10-14-26)19-6-2-1-3-7-19/h1-8,15,20,22-23,27H,9-14,16-17H2/t22-,23-/m0/s1. The summed E-state index contributed by atoms with van der Waals surface area (Å²) in [6.07, 6.45) is 3.09. The van der Waals surface area contributed by atoms with E-state index in [1.54, 1.807) is 0 Å².